The molecule has 1 saturated heterocycles. The first-order chi connectivity index (χ1) is 13.5. The van der Waals surface area contributed by atoms with Gasteiger partial charge in [-0.15, -0.1) is 0 Å². The third-order valence-corrected chi connectivity index (χ3v) is 8.72. The maximum atomic E-state index is 12.8. The molecule has 8 atom stereocenters. The monoisotopic (exact) mass is 454 g/mol. The lowest BCUT2D eigenvalue weighted by Crippen LogP contribution is -2.30. The van der Waals surface area contributed by atoms with Gasteiger partial charge in [0.25, 0.3) is 0 Å². The van der Waals surface area contributed by atoms with E-state index >= 15 is 0 Å². The Bertz CT molecular complexity index is 547. The van der Waals surface area contributed by atoms with Crippen molar-refractivity contribution in [2.75, 3.05) is 19.0 Å². The highest BCUT2D eigenvalue weighted by Gasteiger charge is 2.45. The molecule has 0 bridgehead atoms. The van der Waals surface area contributed by atoms with Gasteiger partial charge in [-0.25, -0.2) is 4.57 Å². The molecule has 0 amide bonds. The van der Waals surface area contributed by atoms with E-state index in [2.05, 4.69) is 0 Å². The largest absolute Gasteiger partial charge is 0.396 e. The highest BCUT2D eigenvalue weighted by atomic mass is 32.7. The average molecular weight is 455 g/mol. The van der Waals surface area contributed by atoms with Crippen molar-refractivity contribution in [2.24, 2.45) is 17.8 Å². The molecule has 2 fully saturated rings. The van der Waals surface area contributed by atoms with Gasteiger partial charge in [-0.3, -0.25) is 4.52 Å². The molecule has 2 aliphatic rings. The lowest BCUT2D eigenvalue weighted by atomic mass is 9.91. The van der Waals surface area contributed by atoms with Crippen LogP contribution in [0, 0.1) is 17.8 Å². The Kier molecular flexibility index (Phi) is 9.96. The minimum absolute atomic E-state index is 0.00610. The molecule has 0 aromatic carbocycles. The van der Waals surface area contributed by atoms with E-state index in [4.69, 9.17) is 18.7 Å². The zero-order valence-corrected chi connectivity index (χ0v) is 20.2. The van der Waals surface area contributed by atoms with Crippen molar-refractivity contribution in [3.05, 3.63) is 0 Å². The molecule has 1 aliphatic carbocycles. The summed E-state index contributed by atoms with van der Waals surface area (Å²) >= 11 is 0.913. The summed E-state index contributed by atoms with van der Waals surface area (Å²) in [4.78, 5) is 10.5. The van der Waals surface area contributed by atoms with Gasteiger partial charge in [0.2, 0.25) is 0 Å². The number of rotatable bonds is 11. The molecule has 9 heteroatoms. The number of aliphatic hydroxyl groups excluding tert-OH is 1. The van der Waals surface area contributed by atoms with Crippen molar-refractivity contribution in [3.63, 3.8) is 0 Å². The Hall–Kier alpha value is 0.340. The molecule has 172 valence electrons. The number of hydrogen-bond donors (Lipinski definition) is 2. The molecule has 0 aromatic heterocycles. The summed E-state index contributed by atoms with van der Waals surface area (Å²) in [6, 6.07) is 0. The van der Waals surface area contributed by atoms with Gasteiger partial charge >= 0.3 is 6.80 Å². The molecular weight excluding hydrogens is 415 g/mol. The highest BCUT2D eigenvalue weighted by Crippen LogP contribution is 2.59. The summed E-state index contributed by atoms with van der Waals surface area (Å²) in [7, 11) is 0. The molecular formula is C20H39O7PS. The predicted octanol–water partition coefficient (Wildman–Crippen LogP) is 3.87. The molecule has 1 saturated carbocycles. The van der Waals surface area contributed by atoms with E-state index < -0.39 is 12.9 Å². The first kappa shape index (κ1) is 25.6. The van der Waals surface area contributed by atoms with Gasteiger partial charge in [0.1, 0.15) is 0 Å². The molecule has 0 spiro atoms. The van der Waals surface area contributed by atoms with Crippen molar-refractivity contribution in [1.29, 1.82) is 0 Å². The number of aliphatic hydroxyl groups is 1. The second-order valence-corrected chi connectivity index (χ2v) is 12.9. The average Bonchev–Trinajstić information content (AvgIpc) is 3.08. The van der Waals surface area contributed by atoms with Gasteiger partial charge in [0.05, 0.1) is 43.2 Å². The van der Waals surface area contributed by atoms with Crippen molar-refractivity contribution >= 4 is 18.2 Å². The SMILES string of the molecule is CC(C)OCC1C(OP(=O)(O)SCC2OC(C)CC2OC(C)C)CC(C)C1CO. The van der Waals surface area contributed by atoms with Crippen LogP contribution in [-0.4, -0.2) is 65.6 Å². The molecule has 7 nitrogen and oxygen atoms in total. The summed E-state index contributed by atoms with van der Waals surface area (Å²) in [6.07, 6.45) is 0.920. The van der Waals surface area contributed by atoms with Crippen LogP contribution in [0.15, 0.2) is 0 Å². The van der Waals surface area contributed by atoms with E-state index in [0.29, 0.717) is 18.8 Å². The van der Waals surface area contributed by atoms with Gasteiger partial charge in [-0.05, 0) is 64.3 Å². The fourth-order valence-corrected chi connectivity index (χ4v) is 7.11. The highest BCUT2D eigenvalue weighted by molar-refractivity contribution is 8.54. The van der Waals surface area contributed by atoms with E-state index in [1.54, 1.807) is 0 Å². The van der Waals surface area contributed by atoms with Gasteiger partial charge in [0, 0.05) is 24.7 Å². The van der Waals surface area contributed by atoms with E-state index in [1.807, 2.05) is 41.5 Å². The van der Waals surface area contributed by atoms with Crippen molar-refractivity contribution in [1.82, 2.24) is 0 Å². The van der Waals surface area contributed by atoms with Crippen LogP contribution in [0.5, 0.6) is 0 Å². The topological polar surface area (TPSA) is 94.5 Å². The maximum Gasteiger partial charge on any atom is 0.386 e. The molecule has 29 heavy (non-hydrogen) atoms. The van der Waals surface area contributed by atoms with Crippen LogP contribution >= 0.6 is 18.2 Å². The predicted molar refractivity (Wildman–Crippen MR) is 115 cm³/mol. The van der Waals surface area contributed by atoms with Crippen molar-refractivity contribution < 1.29 is 33.3 Å². The van der Waals surface area contributed by atoms with Crippen LogP contribution in [0.4, 0.5) is 0 Å². The lowest BCUT2D eigenvalue weighted by molar-refractivity contribution is -0.0339. The van der Waals surface area contributed by atoms with E-state index in [9.17, 15) is 14.6 Å². The second-order valence-electron chi connectivity index (χ2n) is 8.96. The standard InChI is InChI=1S/C20H39O7PS/c1-12(2)24-10-17-16(9-21)14(5)7-18(17)27-28(22,23)29-11-20-19(25-13(3)4)8-15(6)26-20/h12-21H,7-11H2,1-6H3,(H,22,23). The van der Waals surface area contributed by atoms with E-state index in [0.717, 1.165) is 17.8 Å². The molecule has 1 aliphatic heterocycles. The van der Waals surface area contributed by atoms with Gasteiger partial charge in [0.15, 0.2) is 0 Å². The van der Waals surface area contributed by atoms with Crippen molar-refractivity contribution in [3.8, 4) is 0 Å². The zero-order valence-electron chi connectivity index (χ0n) is 18.5. The molecule has 2 N–H and O–H groups in total. The Morgan fingerprint density at radius 3 is 2.38 bits per heavy atom. The lowest BCUT2D eigenvalue weighted by Gasteiger charge is -2.27. The smallest absolute Gasteiger partial charge is 0.386 e. The Balaban J connectivity index is 1.95. The first-order valence-electron chi connectivity index (χ1n) is 10.7. The van der Waals surface area contributed by atoms with Gasteiger partial charge in [-0.2, -0.15) is 0 Å². The van der Waals surface area contributed by atoms with Crippen LogP contribution in [0.25, 0.3) is 0 Å². The molecule has 8 unspecified atom stereocenters. The number of hydrogen-bond acceptors (Lipinski definition) is 7. The van der Waals surface area contributed by atoms with E-state index in [-0.39, 0.29) is 54.9 Å². The molecule has 0 aromatic rings. The van der Waals surface area contributed by atoms with Gasteiger partial charge in [-0.1, -0.05) is 6.92 Å². The number of ether oxygens (including phenoxy) is 3. The van der Waals surface area contributed by atoms with Crippen LogP contribution in [0.1, 0.15) is 54.4 Å². The molecule has 0 radical (unpaired) electrons. The summed E-state index contributed by atoms with van der Waals surface area (Å²) < 4.78 is 36.1. The minimum Gasteiger partial charge on any atom is -0.396 e. The summed E-state index contributed by atoms with van der Waals surface area (Å²) in [6.45, 7) is 8.45. The van der Waals surface area contributed by atoms with Gasteiger partial charge < -0.3 is 24.2 Å². The Labute approximate surface area is 179 Å². The summed E-state index contributed by atoms with van der Waals surface area (Å²) in [5, 5.41) is 9.78. The summed E-state index contributed by atoms with van der Waals surface area (Å²) in [5.74, 6) is 0.456. The zero-order chi connectivity index (χ0) is 21.8. The van der Waals surface area contributed by atoms with Crippen LogP contribution in [0.3, 0.4) is 0 Å². The fourth-order valence-electron chi connectivity index (χ4n) is 4.31. The first-order valence-corrected chi connectivity index (χ1v) is 13.9. The van der Waals surface area contributed by atoms with Crippen molar-refractivity contribution in [2.45, 2.75) is 91.0 Å². The van der Waals surface area contributed by atoms with Crippen LogP contribution in [-0.2, 0) is 23.3 Å². The Morgan fingerprint density at radius 2 is 1.79 bits per heavy atom. The third-order valence-electron chi connectivity index (χ3n) is 5.70. The van der Waals surface area contributed by atoms with Crippen LogP contribution < -0.4 is 0 Å². The Morgan fingerprint density at radius 1 is 1.10 bits per heavy atom. The minimum atomic E-state index is -3.88. The van der Waals surface area contributed by atoms with E-state index in [1.165, 1.54) is 0 Å². The second kappa shape index (κ2) is 11.3. The normalized spacial score (nSPS) is 37.5. The summed E-state index contributed by atoms with van der Waals surface area (Å²) in [5.41, 5.74) is 0. The molecule has 2 rings (SSSR count). The third kappa shape index (κ3) is 7.76. The fraction of sp³-hybridized carbons (Fsp3) is 1.00. The molecule has 1 heterocycles. The maximum absolute atomic E-state index is 12.8. The quantitative estimate of drug-likeness (QED) is 0.455. The van der Waals surface area contributed by atoms with Crippen LogP contribution in [0.2, 0.25) is 0 Å².